The number of carbonyl (C=O) groups is 3. The van der Waals surface area contributed by atoms with E-state index < -0.39 is 17.8 Å². The highest BCUT2D eigenvalue weighted by Crippen LogP contribution is 2.36. The molecule has 1 aliphatic heterocycles. The minimum absolute atomic E-state index is 0.00282. The summed E-state index contributed by atoms with van der Waals surface area (Å²) in [6.07, 6.45) is 1.28. The van der Waals surface area contributed by atoms with Crippen molar-refractivity contribution >= 4 is 41.2 Å². The number of anilines is 1. The second kappa shape index (κ2) is 7.36. The predicted octanol–water partition coefficient (Wildman–Crippen LogP) is 3.34. The van der Waals surface area contributed by atoms with E-state index in [2.05, 4.69) is 5.32 Å². The third-order valence-electron chi connectivity index (χ3n) is 4.43. The summed E-state index contributed by atoms with van der Waals surface area (Å²) in [6, 6.07) is 7.09. The summed E-state index contributed by atoms with van der Waals surface area (Å²) >= 11 is 5.96. The molecule has 2 N–H and O–H groups in total. The van der Waals surface area contributed by atoms with Crippen molar-refractivity contribution in [2.45, 2.75) is 13.8 Å². The third kappa shape index (κ3) is 3.44. The van der Waals surface area contributed by atoms with Crippen molar-refractivity contribution in [3.05, 3.63) is 57.6 Å². The van der Waals surface area contributed by atoms with Gasteiger partial charge >= 0.3 is 6.03 Å². The molecule has 2 aromatic carbocycles. The molecule has 8 heteroatoms. The first kappa shape index (κ1) is 19.4. The maximum absolute atomic E-state index is 12.9. The Bertz CT molecular complexity index is 1050. The summed E-state index contributed by atoms with van der Waals surface area (Å²) in [5.74, 6) is -1.75. The van der Waals surface area contributed by atoms with E-state index in [-0.39, 0.29) is 22.1 Å². The third-order valence-corrected chi connectivity index (χ3v) is 4.72. The average Bonchev–Trinajstić information content (AvgIpc) is 2.64. The number of phenolic OH excluding ortho intramolecular Hbond substituents is 1. The van der Waals surface area contributed by atoms with Crippen LogP contribution in [0.15, 0.2) is 35.9 Å². The van der Waals surface area contributed by atoms with Gasteiger partial charge < -0.3 is 9.84 Å². The summed E-state index contributed by atoms with van der Waals surface area (Å²) in [6.45, 7) is 3.77. The number of hydrogen-bond donors (Lipinski definition) is 2. The fourth-order valence-electron chi connectivity index (χ4n) is 2.76. The Kier molecular flexibility index (Phi) is 5.11. The van der Waals surface area contributed by atoms with Crippen LogP contribution in [-0.2, 0) is 9.59 Å². The van der Waals surface area contributed by atoms with Gasteiger partial charge in [-0.25, -0.2) is 9.69 Å². The topological polar surface area (TPSA) is 95.9 Å². The number of phenols is 1. The van der Waals surface area contributed by atoms with Gasteiger partial charge in [0, 0.05) is 0 Å². The van der Waals surface area contributed by atoms with Crippen LogP contribution >= 0.6 is 11.6 Å². The molecule has 0 unspecified atom stereocenters. The first-order valence-corrected chi connectivity index (χ1v) is 8.66. The largest absolute Gasteiger partial charge is 0.503 e. The number of amides is 4. The van der Waals surface area contributed by atoms with Gasteiger partial charge in [0.05, 0.1) is 17.8 Å². The second-order valence-electron chi connectivity index (χ2n) is 6.28. The number of nitrogens with zero attached hydrogens (tertiary/aromatic N) is 1. The molecule has 0 atom stereocenters. The number of rotatable bonds is 3. The highest BCUT2D eigenvalue weighted by atomic mass is 35.5. The normalized spacial score (nSPS) is 15.8. The van der Waals surface area contributed by atoms with Gasteiger partial charge in [-0.3, -0.25) is 14.9 Å². The van der Waals surface area contributed by atoms with E-state index in [0.29, 0.717) is 11.3 Å². The molecule has 0 spiro atoms. The number of aromatic hydroxyl groups is 1. The van der Waals surface area contributed by atoms with Crippen molar-refractivity contribution in [3.8, 4) is 11.5 Å². The van der Waals surface area contributed by atoms with Crippen LogP contribution in [0.4, 0.5) is 10.5 Å². The zero-order chi connectivity index (χ0) is 20.6. The van der Waals surface area contributed by atoms with Crippen molar-refractivity contribution in [1.82, 2.24) is 5.32 Å². The molecule has 4 amide bonds. The Morgan fingerprint density at radius 2 is 1.82 bits per heavy atom. The minimum Gasteiger partial charge on any atom is -0.503 e. The molecule has 0 aromatic heterocycles. The number of methoxy groups -OCH3 is 1. The average molecular weight is 401 g/mol. The van der Waals surface area contributed by atoms with Gasteiger partial charge in [-0.1, -0.05) is 17.7 Å². The van der Waals surface area contributed by atoms with E-state index in [1.807, 2.05) is 13.8 Å². The second-order valence-corrected chi connectivity index (χ2v) is 6.69. The maximum atomic E-state index is 12.9. The highest BCUT2D eigenvalue weighted by Gasteiger charge is 2.37. The highest BCUT2D eigenvalue weighted by molar-refractivity contribution is 6.39. The van der Waals surface area contributed by atoms with Gasteiger partial charge in [-0.05, 0) is 60.9 Å². The van der Waals surface area contributed by atoms with Crippen LogP contribution in [0.2, 0.25) is 5.02 Å². The number of carbonyl (C=O) groups excluding carboxylic acids is 3. The SMILES string of the molecule is COc1cc(/C=C2/C(=O)NC(=O)N(c3ccc(C)c(C)c3)C2=O)cc(Cl)c1O. The molecule has 2 aromatic rings. The summed E-state index contributed by atoms with van der Waals surface area (Å²) in [5, 5.41) is 12.0. The lowest BCUT2D eigenvalue weighted by molar-refractivity contribution is -0.122. The van der Waals surface area contributed by atoms with Crippen molar-refractivity contribution in [2.24, 2.45) is 0 Å². The Morgan fingerprint density at radius 1 is 1.11 bits per heavy atom. The van der Waals surface area contributed by atoms with Crippen molar-refractivity contribution in [2.75, 3.05) is 12.0 Å². The van der Waals surface area contributed by atoms with E-state index in [4.69, 9.17) is 16.3 Å². The van der Waals surface area contributed by atoms with Crippen molar-refractivity contribution in [3.63, 3.8) is 0 Å². The molecule has 0 radical (unpaired) electrons. The number of halogens is 1. The van der Waals surface area contributed by atoms with Crippen LogP contribution in [0.5, 0.6) is 11.5 Å². The van der Waals surface area contributed by atoms with Crippen LogP contribution in [-0.4, -0.2) is 30.1 Å². The number of benzene rings is 2. The van der Waals surface area contributed by atoms with Gasteiger partial charge in [0.15, 0.2) is 11.5 Å². The quantitative estimate of drug-likeness (QED) is 0.608. The van der Waals surface area contributed by atoms with Crippen LogP contribution in [0.3, 0.4) is 0 Å². The summed E-state index contributed by atoms with van der Waals surface area (Å²) < 4.78 is 5.03. The van der Waals surface area contributed by atoms with E-state index in [1.54, 1.807) is 18.2 Å². The zero-order valence-corrected chi connectivity index (χ0v) is 16.1. The smallest absolute Gasteiger partial charge is 0.335 e. The number of urea groups is 1. The lowest BCUT2D eigenvalue weighted by atomic mass is 10.0. The Labute approximate surface area is 166 Å². The fraction of sp³-hybridized carbons (Fsp3) is 0.150. The Hall–Kier alpha value is -3.32. The standard InChI is InChI=1S/C20H17ClN2O5/c1-10-4-5-13(6-11(10)2)23-19(26)14(18(25)22-20(23)27)7-12-8-15(21)17(24)16(9-12)28-3/h4-9,24H,1-3H3,(H,22,25,27)/b14-7-. The van der Waals surface area contributed by atoms with Crippen LogP contribution in [0, 0.1) is 13.8 Å². The van der Waals surface area contributed by atoms with Crippen LogP contribution < -0.4 is 15.0 Å². The number of imide groups is 2. The first-order chi connectivity index (χ1) is 13.2. The fourth-order valence-corrected chi connectivity index (χ4v) is 2.98. The number of ether oxygens (including phenoxy) is 1. The van der Waals surface area contributed by atoms with Gasteiger partial charge in [0.25, 0.3) is 11.8 Å². The monoisotopic (exact) mass is 400 g/mol. The number of hydrogen-bond acceptors (Lipinski definition) is 5. The molecule has 144 valence electrons. The van der Waals surface area contributed by atoms with E-state index in [0.717, 1.165) is 16.0 Å². The lowest BCUT2D eigenvalue weighted by Crippen LogP contribution is -2.54. The van der Waals surface area contributed by atoms with Crippen molar-refractivity contribution in [1.29, 1.82) is 0 Å². The maximum Gasteiger partial charge on any atom is 0.335 e. The van der Waals surface area contributed by atoms with E-state index >= 15 is 0 Å². The molecule has 1 fully saturated rings. The minimum atomic E-state index is -0.822. The number of barbiturate groups is 1. The molecule has 1 heterocycles. The van der Waals surface area contributed by atoms with Crippen LogP contribution in [0.25, 0.3) is 6.08 Å². The molecule has 1 aliphatic rings. The van der Waals surface area contributed by atoms with E-state index in [9.17, 15) is 19.5 Å². The van der Waals surface area contributed by atoms with Gasteiger partial charge in [-0.2, -0.15) is 0 Å². The molecule has 3 rings (SSSR count). The van der Waals surface area contributed by atoms with Crippen LogP contribution in [0.1, 0.15) is 16.7 Å². The predicted molar refractivity (Wildman–Crippen MR) is 105 cm³/mol. The molecule has 0 saturated carbocycles. The molecular formula is C20H17ClN2O5. The number of aryl methyl sites for hydroxylation is 2. The van der Waals surface area contributed by atoms with Gasteiger partial charge in [0.2, 0.25) is 0 Å². The Balaban J connectivity index is 2.06. The van der Waals surface area contributed by atoms with E-state index in [1.165, 1.54) is 25.3 Å². The molecule has 0 bridgehead atoms. The lowest BCUT2D eigenvalue weighted by Gasteiger charge is -2.26. The Morgan fingerprint density at radius 3 is 2.46 bits per heavy atom. The molecule has 0 aliphatic carbocycles. The van der Waals surface area contributed by atoms with Gasteiger partial charge in [0.1, 0.15) is 5.57 Å². The molecule has 1 saturated heterocycles. The summed E-state index contributed by atoms with van der Waals surface area (Å²) in [7, 11) is 1.35. The number of nitrogens with one attached hydrogen (secondary N) is 1. The zero-order valence-electron chi connectivity index (χ0n) is 15.4. The van der Waals surface area contributed by atoms with Gasteiger partial charge in [-0.15, -0.1) is 0 Å². The summed E-state index contributed by atoms with van der Waals surface area (Å²) in [4.78, 5) is 38.4. The first-order valence-electron chi connectivity index (χ1n) is 8.28. The molecular weight excluding hydrogens is 384 g/mol. The molecule has 28 heavy (non-hydrogen) atoms. The molecule has 7 nitrogen and oxygen atoms in total. The summed E-state index contributed by atoms with van der Waals surface area (Å²) in [5.41, 5.74) is 2.36. The van der Waals surface area contributed by atoms with Crippen molar-refractivity contribution < 1.29 is 24.2 Å².